The van der Waals surface area contributed by atoms with Crippen LogP contribution in [0.15, 0.2) is 24.5 Å². The molecule has 4 rings (SSSR count). The van der Waals surface area contributed by atoms with Crippen LogP contribution in [0.2, 0.25) is 0 Å². The van der Waals surface area contributed by atoms with Crippen LogP contribution >= 0.6 is 0 Å². The van der Waals surface area contributed by atoms with Crippen LogP contribution in [-0.4, -0.2) is 100 Å². The summed E-state index contributed by atoms with van der Waals surface area (Å²) in [7, 11) is 0. The fraction of sp³-hybridized carbons (Fsp3) is 0.667. The number of amides is 1. The van der Waals surface area contributed by atoms with Gasteiger partial charge in [-0.15, -0.1) is 10.2 Å². The SMILES string of the molecule is CCN(C(=O)c1cc(F)ccc1Oc1nncnc1N1CCC2(C1)CN(C(CCNCCCO)C(C)C)C2)C(C)C. The van der Waals surface area contributed by atoms with E-state index in [9.17, 15) is 9.18 Å². The largest absolute Gasteiger partial charge is 0.434 e. The molecule has 2 saturated heterocycles. The van der Waals surface area contributed by atoms with Gasteiger partial charge in [0.15, 0.2) is 5.82 Å². The van der Waals surface area contributed by atoms with Crippen molar-refractivity contribution in [1.82, 2.24) is 30.3 Å². The second-order valence-corrected chi connectivity index (χ2v) is 12.0. The van der Waals surface area contributed by atoms with Crippen molar-refractivity contribution in [3.63, 3.8) is 0 Å². The van der Waals surface area contributed by atoms with E-state index in [2.05, 4.69) is 44.1 Å². The van der Waals surface area contributed by atoms with Crippen molar-refractivity contribution in [1.29, 1.82) is 0 Å². The molecule has 2 N–H and O–H groups in total. The predicted octanol–water partition coefficient (Wildman–Crippen LogP) is 3.57. The first-order chi connectivity index (χ1) is 19.7. The molecule has 41 heavy (non-hydrogen) atoms. The van der Waals surface area contributed by atoms with Crippen molar-refractivity contribution in [3.8, 4) is 11.6 Å². The third-order valence-electron chi connectivity index (χ3n) is 8.36. The molecule has 0 saturated carbocycles. The Bertz CT molecular complexity index is 1160. The highest BCUT2D eigenvalue weighted by Gasteiger charge is 2.50. The summed E-state index contributed by atoms with van der Waals surface area (Å²) in [6, 6.07) is 4.43. The number of hydrogen-bond acceptors (Lipinski definition) is 9. The Morgan fingerprint density at radius 3 is 2.68 bits per heavy atom. The lowest BCUT2D eigenvalue weighted by molar-refractivity contribution is -0.0331. The third-order valence-corrected chi connectivity index (χ3v) is 8.36. The van der Waals surface area contributed by atoms with Crippen molar-refractivity contribution in [3.05, 3.63) is 35.9 Å². The number of halogens is 1. The molecule has 1 aromatic carbocycles. The molecule has 10 nitrogen and oxygen atoms in total. The highest BCUT2D eigenvalue weighted by atomic mass is 19.1. The minimum Gasteiger partial charge on any atom is -0.434 e. The van der Waals surface area contributed by atoms with Crippen LogP contribution in [0.4, 0.5) is 10.2 Å². The van der Waals surface area contributed by atoms with E-state index in [0.717, 1.165) is 58.5 Å². The quantitative estimate of drug-likeness (QED) is 0.329. The Kier molecular flexibility index (Phi) is 10.5. The maximum absolute atomic E-state index is 14.2. The Labute approximate surface area is 243 Å². The summed E-state index contributed by atoms with van der Waals surface area (Å²) in [5.41, 5.74) is 0.338. The Hall–Kier alpha value is -2.89. The zero-order valence-corrected chi connectivity index (χ0v) is 25.1. The number of carbonyl (C=O) groups excluding carboxylic acids is 1. The van der Waals surface area contributed by atoms with Gasteiger partial charge in [-0.3, -0.25) is 9.69 Å². The minimum absolute atomic E-state index is 0.0435. The molecule has 0 aliphatic carbocycles. The van der Waals surface area contributed by atoms with Gasteiger partial charge in [0.25, 0.3) is 11.8 Å². The second-order valence-electron chi connectivity index (χ2n) is 12.0. The van der Waals surface area contributed by atoms with Gasteiger partial charge in [0, 0.05) is 56.8 Å². The van der Waals surface area contributed by atoms with Crippen molar-refractivity contribution >= 4 is 11.7 Å². The molecule has 1 aromatic heterocycles. The molecular weight excluding hydrogens is 525 g/mol. The van der Waals surface area contributed by atoms with Gasteiger partial charge < -0.3 is 25.0 Å². The van der Waals surface area contributed by atoms with Crippen molar-refractivity contribution < 1.29 is 19.0 Å². The highest BCUT2D eigenvalue weighted by molar-refractivity contribution is 5.97. The molecule has 2 fully saturated rings. The maximum atomic E-state index is 14.2. The van der Waals surface area contributed by atoms with Gasteiger partial charge in [0.2, 0.25) is 0 Å². The van der Waals surface area contributed by atoms with E-state index < -0.39 is 5.82 Å². The molecule has 0 radical (unpaired) electrons. The van der Waals surface area contributed by atoms with Gasteiger partial charge in [0.1, 0.15) is 17.9 Å². The van der Waals surface area contributed by atoms with Crippen LogP contribution in [0.25, 0.3) is 0 Å². The van der Waals surface area contributed by atoms with E-state index in [4.69, 9.17) is 9.84 Å². The summed E-state index contributed by atoms with van der Waals surface area (Å²) in [5.74, 6) is 0.784. The topological polar surface area (TPSA) is 107 Å². The van der Waals surface area contributed by atoms with Gasteiger partial charge in [-0.2, -0.15) is 0 Å². The first-order valence-electron chi connectivity index (χ1n) is 14.9. The number of aliphatic hydroxyl groups excluding tert-OH is 1. The number of hydrogen-bond donors (Lipinski definition) is 2. The van der Waals surface area contributed by atoms with Crippen LogP contribution in [0.5, 0.6) is 11.6 Å². The lowest BCUT2D eigenvalue weighted by atomic mass is 9.76. The molecule has 1 atom stereocenters. The van der Waals surface area contributed by atoms with Gasteiger partial charge in [0.05, 0.1) is 5.56 Å². The van der Waals surface area contributed by atoms with Gasteiger partial charge in [-0.25, -0.2) is 9.37 Å². The molecule has 11 heteroatoms. The average Bonchev–Trinajstić information content (AvgIpc) is 3.37. The molecule has 226 valence electrons. The van der Waals surface area contributed by atoms with Crippen LogP contribution in [0, 0.1) is 17.2 Å². The molecule has 1 spiro atoms. The molecule has 1 unspecified atom stereocenters. The second kappa shape index (κ2) is 13.8. The van der Waals surface area contributed by atoms with Crippen LogP contribution in [0.3, 0.4) is 0 Å². The van der Waals surface area contributed by atoms with Crippen LogP contribution in [-0.2, 0) is 0 Å². The zero-order chi connectivity index (χ0) is 29.6. The summed E-state index contributed by atoms with van der Waals surface area (Å²) in [6.07, 6.45) is 4.33. The van der Waals surface area contributed by atoms with E-state index in [0.29, 0.717) is 24.3 Å². The summed E-state index contributed by atoms with van der Waals surface area (Å²) in [6.45, 7) is 16.6. The van der Waals surface area contributed by atoms with Gasteiger partial charge >= 0.3 is 0 Å². The average molecular weight is 572 g/mol. The summed E-state index contributed by atoms with van der Waals surface area (Å²) >= 11 is 0. The summed E-state index contributed by atoms with van der Waals surface area (Å²) in [5, 5.41) is 20.6. The van der Waals surface area contributed by atoms with Crippen molar-refractivity contribution in [2.24, 2.45) is 11.3 Å². The van der Waals surface area contributed by atoms with E-state index in [-0.39, 0.29) is 41.2 Å². The first-order valence-corrected chi connectivity index (χ1v) is 14.9. The molecule has 1 amide bonds. The molecule has 2 aromatic rings. The third kappa shape index (κ3) is 7.31. The van der Waals surface area contributed by atoms with Crippen molar-refractivity contribution in [2.75, 3.05) is 57.3 Å². The first kappa shape index (κ1) is 31.1. The van der Waals surface area contributed by atoms with E-state index in [1.165, 1.54) is 24.5 Å². The van der Waals surface area contributed by atoms with Gasteiger partial charge in [-0.1, -0.05) is 13.8 Å². The number of likely N-dealkylation sites (tertiary alicyclic amines) is 1. The lowest BCUT2D eigenvalue weighted by Crippen LogP contribution is -2.62. The number of ether oxygens (including phenoxy) is 1. The predicted molar refractivity (Wildman–Crippen MR) is 157 cm³/mol. The van der Waals surface area contributed by atoms with E-state index in [1.807, 2.05) is 20.8 Å². The summed E-state index contributed by atoms with van der Waals surface area (Å²) < 4.78 is 20.4. The fourth-order valence-electron chi connectivity index (χ4n) is 6.24. The smallest absolute Gasteiger partial charge is 0.282 e. The fourth-order valence-corrected chi connectivity index (χ4v) is 6.24. The Balaban J connectivity index is 1.44. The standard InChI is InChI=1S/C30H46FN7O3/c1-6-38(22(4)5)29(40)24-16-23(31)8-9-26(24)41-28-27(33-20-34-35-28)36-14-11-30(17-36)18-37(19-30)25(21(2)3)10-13-32-12-7-15-39/h8-9,16,20-22,25,32,39H,6-7,10-15,17-19H2,1-5H3. The molecule has 0 bridgehead atoms. The monoisotopic (exact) mass is 571 g/mol. The number of nitrogens with zero attached hydrogens (tertiary/aromatic N) is 6. The maximum Gasteiger partial charge on any atom is 0.282 e. The summed E-state index contributed by atoms with van der Waals surface area (Å²) in [4.78, 5) is 24.3. The number of benzene rings is 1. The Morgan fingerprint density at radius 1 is 1.22 bits per heavy atom. The molecule has 3 heterocycles. The van der Waals surface area contributed by atoms with Gasteiger partial charge in [-0.05, 0) is 77.2 Å². The molecule has 2 aliphatic rings. The number of aromatic nitrogens is 3. The normalized spacial score (nSPS) is 17.3. The van der Waals surface area contributed by atoms with Crippen LogP contribution in [0.1, 0.15) is 64.2 Å². The zero-order valence-electron chi connectivity index (χ0n) is 25.1. The number of carbonyl (C=O) groups is 1. The number of rotatable bonds is 14. The number of nitrogens with one attached hydrogen (secondary N) is 1. The lowest BCUT2D eigenvalue weighted by Gasteiger charge is -2.53. The van der Waals surface area contributed by atoms with E-state index >= 15 is 0 Å². The molecular formula is C30H46FN7O3. The highest BCUT2D eigenvalue weighted by Crippen LogP contribution is 2.44. The number of anilines is 1. The van der Waals surface area contributed by atoms with E-state index in [1.54, 1.807) is 4.90 Å². The Morgan fingerprint density at radius 2 is 2.00 bits per heavy atom. The number of aliphatic hydroxyl groups is 1. The van der Waals surface area contributed by atoms with Crippen LogP contribution < -0.4 is 15.0 Å². The molecule has 2 aliphatic heterocycles. The minimum atomic E-state index is -0.505. The van der Waals surface area contributed by atoms with Crippen molar-refractivity contribution in [2.45, 2.75) is 66.0 Å².